The highest BCUT2D eigenvalue weighted by molar-refractivity contribution is 5.95. The van der Waals surface area contributed by atoms with Crippen LogP contribution in [0.4, 0.5) is 0 Å². The molecule has 0 aromatic heterocycles. The molecule has 3 saturated carbocycles. The van der Waals surface area contributed by atoms with Crippen molar-refractivity contribution in [2.24, 2.45) is 46.3 Å². The van der Waals surface area contributed by atoms with Crippen LogP contribution < -0.4 is 0 Å². The molecular formula is C30H48O8. The number of fused-ring (bicyclic) bond motifs is 7. The molecule has 4 aliphatic carbocycles. The van der Waals surface area contributed by atoms with E-state index in [-0.39, 0.29) is 55.3 Å². The van der Waals surface area contributed by atoms with Crippen molar-refractivity contribution in [2.45, 2.75) is 115 Å². The van der Waals surface area contributed by atoms with Crippen LogP contribution in [0.5, 0.6) is 0 Å². The lowest BCUT2D eigenvalue weighted by Crippen LogP contribution is -2.66. The number of hydrogen-bond acceptors (Lipinski definition) is 8. The minimum absolute atomic E-state index is 0.0840. The van der Waals surface area contributed by atoms with Crippen LogP contribution in [0.15, 0.2) is 11.6 Å². The fourth-order valence-corrected chi connectivity index (χ4v) is 9.84. The van der Waals surface area contributed by atoms with Gasteiger partial charge < -0.3 is 35.4 Å². The van der Waals surface area contributed by atoms with Crippen molar-refractivity contribution >= 4 is 5.78 Å². The van der Waals surface area contributed by atoms with Crippen LogP contribution in [-0.2, 0) is 9.53 Å². The molecule has 1 saturated heterocycles. The van der Waals surface area contributed by atoms with Crippen LogP contribution in [-0.4, -0.2) is 84.8 Å². The summed E-state index contributed by atoms with van der Waals surface area (Å²) in [4.78, 5) is 13.5. The van der Waals surface area contributed by atoms with Gasteiger partial charge in [0.2, 0.25) is 0 Å². The number of aliphatic hydroxyl groups is 6. The minimum atomic E-state index is -1.46. The average Bonchev–Trinajstić information content (AvgIpc) is 3.23. The molecule has 0 bridgehead atoms. The maximum atomic E-state index is 13.5. The second-order valence-corrected chi connectivity index (χ2v) is 14.4. The van der Waals surface area contributed by atoms with Crippen molar-refractivity contribution in [3.05, 3.63) is 11.6 Å². The van der Waals surface area contributed by atoms with Gasteiger partial charge in [-0.2, -0.15) is 0 Å². The highest BCUT2D eigenvalue weighted by atomic mass is 16.5. The van der Waals surface area contributed by atoms with Gasteiger partial charge in [0.05, 0.1) is 35.6 Å². The van der Waals surface area contributed by atoms with Crippen LogP contribution in [0.2, 0.25) is 0 Å². The standard InChI is InChI=1S/C30H48O8/c1-14(2)15(3)24(35)26-29(6,36)25-23(38-26)13-30(37)18-10-20(32)19-11-21(33)22(34)12-27(19,4)17(18)9-16(7-8-31)28(25,30)5/h10,14-17,19,21-26,31,33-37H,7-9,11-13H2,1-6H3/t15-,16+,17-,19-,21+,22-,23-,24-,25-,26-,27+,28+,29+,30+/m0/s1. The molecule has 5 aliphatic rings. The van der Waals surface area contributed by atoms with Gasteiger partial charge >= 0.3 is 0 Å². The van der Waals surface area contributed by atoms with E-state index in [1.165, 1.54) is 0 Å². The van der Waals surface area contributed by atoms with E-state index in [1.807, 2.05) is 34.6 Å². The Morgan fingerprint density at radius 3 is 2.29 bits per heavy atom. The topological polar surface area (TPSA) is 148 Å². The summed E-state index contributed by atoms with van der Waals surface area (Å²) >= 11 is 0. The third kappa shape index (κ3) is 3.57. The summed E-state index contributed by atoms with van der Waals surface area (Å²) in [5.74, 6) is -1.43. The van der Waals surface area contributed by atoms with Crippen LogP contribution in [0, 0.1) is 46.3 Å². The van der Waals surface area contributed by atoms with Crippen molar-refractivity contribution < 1.29 is 40.2 Å². The molecule has 1 heterocycles. The Hall–Kier alpha value is -0.870. The average molecular weight is 537 g/mol. The van der Waals surface area contributed by atoms with Crippen molar-refractivity contribution in [1.82, 2.24) is 0 Å². The number of rotatable bonds is 5. The number of carbonyl (C=O) groups excluding carboxylic acids is 1. The molecule has 8 heteroatoms. The third-order valence-corrected chi connectivity index (χ3v) is 12.3. The van der Waals surface area contributed by atoms with E-state index in [1.54, 1.807) is 13.0 Å². The van der Waals surface area contributed by atoms with Gasteiger partial charge in [-0.25, -0.2) is 0 Å². The molecule has 8 nitrogen and oxygen atoms in total. The highest BCUT2D eigenvalue weighted by Gasteiger charge is 2.77. The predicted octanol–water partition coefficient (Wildman–Crippen LogP) is 1.58. The quantitative estimate of drug-likeness (QED) is 0.310. The smallest absolute Gasteiger partial charge is 0.159 e. The first-order valence-electron chi connectivity index (χ1n) is 14.6. The van der Waals surface area contributed by atoms with E-state index >= 15 is 0 Å². The van der Waals surface area contributed by atoms with Gasteiger partial charge in [0.1, 0.15) is 6.10 Å². The summed E-state index contributed by atoms with van der Waals surface area (Å²) in [5, 5.41) is 67.1. The van der Waals surface area contributed by atoms with Gasteiger partial charge in [-0.3, -0.25) is 4.79 Å². The summed E-state index contributed by atoms with van der Waals surface area (Å²) in [7, 11) is 0. The number of ether oxygens (including phenoxy) is 1. The molecule has 38 heavy (non-hydrogen) atoms. The summed E-state index contributed by atoms with van der Waals surface area (Å²) < 4.78 is 6.44. The Labute approximate surface area is 226 Å². The SMILES string of the molecule is CC(C)[C@H](C)[C@H](O)[C@@H]1O[C@H]2C[C@@]3(O)C4=CC(=O)[C@@H]5C[C@@H](O)[C@@H](O)C[C@]5(C)[C@H]4C[C@@H](CCO)[C@]3(C)[C@H]2[C@@]1(C)O. The zero-order valence-electron chi connectivity index (χ0n) is 23.7. The first-order chi connectivity index (χ1) is 17.6. The number of allylic oxidation sites excluding steroid dienone is 1. The lowest BCUT2D eigenvalue weighted by molar-refractivity contribution is -0.192. The predicted molar refractivity (Wildman–Crippen MR) is 140 cm³/mol. The van der Waals surface area contributed by atoms with Crippen molar-refractivity contribution in [1.29, 1.82) is 0 Å². The summed E-state index contributed by atoms with van der Waals surface area (Å²) in [6, 6.07) is 0. The molecule has 0 aromatic rings. The zero-order chi connectivity index (χ0) is 28.2. The van der Waals surface area contributed by atoms with Crippen LogP contribution in [0.1, 0.15) is 73.6 Å². The number of ketones is 1. The molecule has 6 N–H and O–H groups in total. The molecule has 0 aromatic carbocycles. The fourth-order valence-electron chi connectivity index (χ4n) is 9.84. The summed E-state index contributed by atoms with van der Waals surface area (Å²) in [6.45, 7) is 11.6. The number of carbonyl (C=O) groups is 1. The normalized spacial score (nSPS) is 53.6. The van der Waals surface area contributed by atoms with Crippen LogP contribution in [0.3, 0.4) is 0 Å². The van der Waals surface area contributed by atoms with E-state index in [2.05, 4.69) is 0 Å². The zero-order valence-corrected chi connectivity index (χ0v) is 23.7. The highest BCUT2D eigenvalue weighted by Crippen LogP contribution is 2.72. The maximum Gasteiger partial charge on any atom is 0.159 e. The molecule has 5 rings (SSSR count). The Bertz CT molecular complexity index is 993. The maximum absolute atomic E-state index is 13.5. The largest absolute Gasteiger partial charge is 0.396 e. The monoisotopic (exact) mass is 536 g/mol. The van der Waals surface area contributed by atoms with E-state index in [0.717, 1.165) is 0 Å². The van der Waals surface area contributed by atoms with Gasteiger partial charge in [-0.1, -0.05) is 34.6 Å². The second kappa shape index (κ2) is 9.07. The van der Waals surface area contributed by atoms with Gasteiger partial charge in [-0.05, 0) is 73.3 Å². The Balaban J connectivity index is 1.60. The van der Waals surface area contributed by atoms with E-state index in [4.69, 9.17) is 4.74 Å². The van der Waals surface area contributed by atoms with E-state index < -0.39 is 64.4 Å². The fraction of sp³-hybridized carbons (Fsp3) is 0.900. The molecule has 0 amide bonds. The Morgan fingerprint density at radius 2 is 1.68 bits per heavy atom. The van der Waals surface area contributed by atoms with Gasteiger partial charge in [0.15, 0.2) is 5.78 Å². The molecule has 216 valence electrons. The van der Waals surface area contributed by atoms with E-state index in [9.17, 15) is 35.4 Å². The molecule has 0 unspecified atom stereocenters. The van der Waals surface area contributed by atoms with Gasteiger partial charge in [0.25, 0.3) is 0 Å². The molecular weight excluding hydrogens is 488 g/mol. The number of hydrogen-bond donors (Lipinski definition) is 6. The Morgan fingerprint density at radius 1 is 1.03 bits per heavy atom. The molecule has 1 aliphatic heterocycles. The van der Waals surface area contributed by atoms with Gasteiger partial charge in [-0.15, -0.1) is 0 Å². The molecule has 14 atom stereocenters. The van der Waals surface area contributed by atoms with Crippen LogP contribution >= 0.6 is 0 Å². The summed E-state index contributed by atoms with van der Waals surface area (Å²) in [6.07, 6.45) is -0.914. The molecule has 4 fully saturated rings. The third-order valence-electron chi connectivity index (χ3n) is 12.3. The van der Waals surface area contributed by atoms with Crippen molar-refractivity contribution in [3.8, 4) is 0 Å². The summed E-state index contributed by atoms with van der Waals surface area (Å²) in [5.41, 5.74) is -3.82. The first kappa shape index (κ1) is 28.7. The van der Waals surface area contributed by atoms with Crippen molar-refractivity contribution in [2.75, 3.05) is 6.61 Å². The Kier molecular flexibility index (Phi) is 6.84. The van der Waals surface area contributed by atoms with Crippen molar-refractivity contribution in [3.63, 3.8) is 0 Å². The number of aliphatic hydroxyl groups excluding tert-OH is 4. The van der Waals surface area contributed by atoms with Crippen LogP contribution in [0.25, 0.3) is 0 Å². The first-order valence-corrected chi connectivity index (χ1v) is 14.6. The van der Waals surface area contributed by atoms with E-state index in [0.29, 0.717) is 18.4 Å². The van der Waals surface area contributed by atoms with Gasteiger partial charge in [0, 0.05) is 30.3 Å². The lowest BCUT2D eigenvalue weighted by Gasteiger charge is -2.63. The second-order valence-electron chi connectivity index (χ2n) is 14.4. The molecule has 0 spiro atoms. The molecule has 0 radical (unpaired) electrons. The minimum Gasteiger partial charge on any atom is -0.396 e. The lowest BCUT2D eigenvalue weighted by atomic mass is 9.42.